The van der Waals surface area contributed by atoms with E-state index in [4.69, 9.17) is 10.5 Å². The Morgan fingerprint density at radius 2 is 2.05 bits per heavy atom. The van der Waals surface area contributed by atoms with Gasteiger partial charge in [0.25, 0.3) is 0 Å². The Morgan fingerprint density at radius 3 is 2.81 bits per heavy atom. The minimum Gasteiger partial charge on any atom is -0.494 e. The molecule has 0 fully saturated rings. The van der Waals surface area contributed by atoms with Crippen LogP contribution in [0.4, 0.5) is 0 Å². The molecule has 1 aromatic carbocycles. The van der Waals surface area contributed by atoms with Crippen molar-refractivity contribution in [2.45, 2.75) is 51.0 Å². The molecule has 2 rings (SSSR count). The van der Waals surface area contributed by atoms with E-state index >= 15 is 0 Å². The molecule has 0 aliphatic heterocycles. The first-order valence-corrected chi connectivity index (χ1v) is 7.65. The highest BCUT2D eigenvalue weighted by Gasteiger charge is 2.28. The van der Waals surface area contributed by atoms with Crippen molar-refractivity contribution in [1.29, 1.82) is 0 Å². The van der Waals surface area contributed by atoms with Crippen molar-refractivity contribution in [3.05, 3.63) is 29.3 Å². The Balaban J connectivity index is 1.69. The molecule has 1 aromatic rings. The highest BCUT2D eigenvalue weighted by molar-refractivity contribution is 5.79. The molecule has 0 amide bonds. The highest BCUT2D eigenvalue weighted by atomic mass is 16.5. The number of carbonyl (C=O) groups is 1. The number of hydrogen-bond acceptors (Lipinski definition) is 4. The van der Waals surface area contributed by atoms with Gasteiger partial charge in [-0.25, -0.2) is 0 Å². The predicted molar refractivity (Wildman–Crippen MR) is 82.4 cm³/mol. The average Bonchev–Trinajstić information content (AvgIpc) is 2.93. The van der Waals surface area contributed by atoms with Gasteiger partial charge in [0.1, 0.15) is 11.3 Å². The number of carbonyl (C=O) groups excluding carboxylic acids is 1. The SMILES string of the molecule is COC(=O)C(C)(N)CCCCOc1ccc2c(c1)CCC2. The monoisotopic (exact) mass is 291 g/mol. The highest BCUT2D eigenvalue weighted by Crippen LogP contribution is 2.26. The fraction of sp³-hybridized carbons (Fsp3) is 0.588. The van der Waals surface area contributed by atoms with Crippen molar-refractivity contribution >= 4 is 5.97 Å². The van der Waals surface area contributed by atoms with Crippen molar-refractivity contribution < 1.29 is 14.3 Å². The molecule has 1 atom stereocenters. The van der Waals surface area contributed by atoms with Gasteiger partial charge in [-0.15, -0.1) is 0 Å². The quantitative estimate of drug-likeness (QED) is 0.619. The Hall–Kier alpha value is -1.55. The second-order valence-corrected chi connectivity index (χ2v) is 6.00. The summed E-state index contributed by atoms with van der Waals surface area (Å²) in [6, 6.07) is 6.38. The van der Waals surface area contributed by atoms with E-state index in [1.807, 2.05) is 6.07 Å². The van der Waals surface area contributed by atoms with Crippen molar-refractivity contribution in [3.8, 4) is 5.75 Å². The minimum absolute atomic E-state index is 0.359. The van der Waals surface area contributed by atoms with Crippen LogP contribution in [0.2, 0.25) is 0 Å². The summed E-state index contributed by atoms with van der Waals surface area (Å²) >= 11 is 0. The van der Waals surface area contributed by atoms with Crippen LogP contribution in [0.25, 0.3) is 0 Å². The summed E-state index contributed by atoms with van der Waals surface area (Å²) in [6.07, 6.45) is 5.93. The summed E-state index contributed by atoms with van der Waals surface area (Å²) in [5, 5.41) is 0. The first-order valence-electron chi connectivity index (χ1n) is 7.65. The van der Waals surface area contributed by atoms with Crippen LogP contribution < -0.4 is 10.5 Å². The van der Waals surface area contributed by atoms with E-state index in [2.05, 4.69) is 16.9 Å². The van der Waals surface area contributed by atoms with Gasteiger partial charge in [-0.05, 0) is 68.7 Å². The smallest absolute Gasteiger partial charge is 0.325 e. The van der Waals surface area contributed by atoms with E-state index in [-0.39, 0.29) is 5.97 Å². The number of unbranched alkanes of at least 4 members (excludes halogenated alkanes) is 1. The van der Waals surface area contributed by atoms with Crippen LogP contribution in [0.1, 0.15) is 43.7 Å². The van der Waals surface area contributed by atoms with Gasteiger partial charge < -0.3 is 15.2 Å². The summed E-state index contributed by atoms with van der Waals surface area (Å²) in [5.41, 5.74) is 7.89. The Bertz CT molecular complexity index is 497. The third-order valence-electron chi connectivity index (χ3n) is 4.08. The van der Waals surface area contributed by atoms with Crippen molar-refractivity contribution in [1.82, 2.24) is 0 Å². The lowest BCUT2D eigenvalue weighted by atomic mass is 9.96. The zero-order chi connectivity index (χ0) is 15.3. The number of fused-ring (bicyclic) bond motifs is 1. The van der Waals surface area contributed by atoms with E-state index in [1.165, 1.54) is 31.1 Å². The molecule has 2 N–H and O–H groups in total. The van der Waals surface area contributed by atoms with Gasteiger partial charge in [-0.3, -0.25) is 4.79 Å². The lowest BCUT2D eigenvalue weighted by Gasteiger charge is -2.21. The van der Waals surface area contributed by atoms with E-state index in [0.717, 1.165) is 25.0 Å². The van der Waals surface area contributed by atoms with Gasteiger partial charge in [0.15, 0.2) is 0 Å². The largest absolute Gasteiger partial charge is 0.494 e. The van der Waals surface area contributed by atoms with Crippen LogP contribution in [-0.4, -0.2) is 25.2 Å². The van der Waals surface area contributed by atoms with Crippen LogP contribution in [0, 0.1) is 0 Å². The molecule has 1 unspecified atom stereocenters. The minimum atomic E-state index is -0.900. The summed E-state index contributed by atoms with van der Waals surface area (Å²) < 4.78 is 10.5. The van der Waals surface area contributed by atoms with Crippen LogP contribution in [0.5, 0.6) is 5.75 Å². The van der Waals surface area contributed by atoms with Crippen molar-refractivity contribution in [2.24, 2.45) is 5.73 Å². The van der Waals surface area contributed by atoms with E-state index in [0.29, 0.717) is 13.0 Å². The molecule has 0 aromatic heterocycles. The first kappa shape index (κ1) is 15.8. The van der Waals surface area contributed by atoms with Crippen LogP contribution >= 0.6 is 0 Å². The zero-order valence-electron chi connectivity index (χ0n) is 13.0. The van der Waals surface area contributed by atoms with Gasteiger partial charge >= 0.3 is 5.97 Å². The number of benzene rings is 1. The van der Waals surface area contributed by atoms with E-state index in [9.17, 15) is 4.79 Å². The lowest BCUT2D eigenvalue weighted by molar-refractivity contribution is -0.146. The lowest BCUT2D eigenvalue weighted by Crippen LogP contribution is -2.45. The molecule has 116 valence electrons. The molecule has 4 heteroatoms. The molecule has 0 bridgehead atoms. The van der Waals surface area contributed by atoms with Gasteiger partial charge in [-0.1, -0.05) is 6.07 Å². The Labute approximate surface area is 126 Å². The van der Waals surface area contributed by atoms with Gasteiger partial charge in [-0.2, -0.15) is 0 Å². The van der Waals surface area contributed by atoms with E-state index in [1.54, 1.807) is 6.92 Å². The Morgan fingerprint density at radius 1 is 1.29 bits per heavy atom. The summed E-state index contributed by atoms with van der Waals surface area (Å²) in [5.74, 6) is 0.584. The molecular formula is C17H25NO3. The number of aryl methyl sites for hydroxylation is 2. The fourth-order valence-electron chi connectivity index (χ4n) is 2.76. The standard InChI is InChI=1S/C17H25NO3/c1-17(18,16(19)20-2)10-3-4-11-21-15-9-8-13-6-5-7-14(13)12-15/h8-9,12H,3-7,10-11,18H2,1-2H3. The number of methoxy groups -OCH3 is 1. The molecule has 1 aliphatic carbocycles. The molecule has 4 nitrogen and oxygen atoms in total. The normalized spacial score (nSPS) is 16.1. The molecule has 0 saturated heterocycles. The van der Waals surface area contributed by atoms with Crippen molar-refractivity contribution in [2.75, 3.05) is 13.7 Å². The number of rotatable bonds is 7. The average molecular weight is 291 g/mol. The zero-order valence-corrected chi connectivity index (χ0v) is 13.0. The number of hydrogen-bond donors (Lipinski definition) is 1. The maximum absolute atomic E-state index is 11.4. The Kier molecular flexibility index (Phi) is 5.23. The molecular weight excluding hydrogens is 266 g/mol. The molecule has 0 saturated carbocycles. The third-order valence-corrected chi connectivity index (χ3v) is 4.08. The molecule has 21 heavy (non-hydrogen) atoms. The number of esters is 1. The van der Waals surface area contributed by atoms with Gasteiger partial charge in [0, 0.05) is 0 Å². The first-order chi connectivity index (χ1) is 10.0. The maximum Gasteiger partial charge on any atom is 0.325 e. The van der Waals surface area contributed by atoms with Crippen LogP contribution in [-0.2, 0) is 22.4 Å². The third kappa shape index (κ3) is 4.21. The van der Waals surface area contributed by atoms with Gasteiger partial charge in [0.05, 0.1) is 13.7 Å². The van der Waals surface area contributed by atoms with Crippen molar-refractivity contribution in [3.63, 3.8) is 0 Å². The topological polar surface area (TPSA) is 61.5 Å². The fourth-order valence-corrected chi connectivity index (χ4v) is 2.76. The number of nitrogens with two attached hydrogens (primary N) is 1. The van der Waals surface area contributed by atoms with Crippen LogP contribution in [0.15, 0.2) is 18.2 Å². The summed E-state index contributed by atoms with van der Waals surface area (Å²) in [7, 11) is 1.37. The second-order valence-electron chi connectivity index (χ2n) is 6.00. The second kappa shape index (κ2) is 6.94. The predicted octanol–water partition coefficient (Wildman–Crippen LogP) is 2.61. The maximum atomic E-state index is 11.4. The summed E-state index contributed by atoms with van der Waals surface area (Å²) in [4.78, 5) is 11.4. The number of ether oxygens (including phenoxy) is 2. The van der Waals surface area contributed by atoms with Crippen LogP contribution in [0.3, 0.4) is 0 Å². The molecule has 0 radical (unpaired) electrons. The van der Waals surface area contributed by atoms with Gasteiger partial charge in [0.2, 0.25) is 0 Å². The van der Waals surface area contributed by atoms with E-state index < -0.39 is 5.54 Å². The molecule has 0 spiro atoms. The molecule has 0 heterocycles. The molecule has 1 aliphatic rings. The summed E-state index contributed by atoms with van der Waals surface area (Å²) in [6.45, 7) is 2.36.